The highest BCUT2D eigenvalue weighted by atomic mass is 14.9. The molecule has 30 heavy (non-hydrogen) atoms. The number of hydrogen-bond acceptors (Lipinski definition) is 0. The molecule has 0 unspecified atom stereocenters. The van der Waals surface area contributed by atoms with Gasteiger partial charge in [0.15, 0.2) is 6.20 Å². The monoisotopic (exact) mass is 391 g/mol. The van der Waals surface area contributed by atoms with E-state index in [-0.39, 0.29) is 0 Å². The van der Waals surface area contributed by atoms with Gasteiger partial charge in [-0.25, -0.2) is 4.57 Å². The van der Waals surface area contributed by atoms with E-state index in [1.807, 2.05) is 18.5 Å². The van der Waals surface area contributed by atoms with Crippen LogP contribution in [0.4, 0.5) is 0 Å². The molecule has 4 aromatic rings. The number of fused-ring (bicyclic) bond motifs is 7. The van der Waals surface area contributed by atoms with Crippen molar-refractivity contribution in [2.24, 2.45) is 7.05 Å². The molecule has 0 spiro atoms. The summed E-state index contributed by atoms with van der Waals surface area (Å²) in [5.41, 5.74) is 15.8. The molecule has 0 amide bonds. The Bertz CT molecular complexity index is 1480. The SMILES string of the molecule is [2H]C([2H])([2H])c1c[n+](C)c(-c2c(C)c3c(c4c2Cc2ccccc2-4)-c2ccccc2C3)cc1C. The molecule has 1 heterocycles. The van der Waals surface area contributed by atoms with Crippen molar-refractivity contribution in [3.63, 3.8) is 0 Å². The minimum Gasteiger partial charge on any atom is -0.201 e. The Hall–Kier alpha value is -3.19. The van der Waals surface area contributed by atoms with Crippen molar-refractivity contribution < 1.29 is 8.68 Å². The van der Waals surface area contributed by atoms with Crippen LogP contribution < -0.4 is 4.57 Å². The molecule has 3 aromatic carbocycles. The summed E-state index contributed by atoms with van der Waals surface area (Å²) in [6, 6.07) is 19.6. The zero-order valence-electron chi connectivity index (χ0n) is 20.6. The lowest BCUT2D eigenvalue weighted by Gasteiger charge is -2.18. The third-order valence-electron chi connectivity index (χ3n) is 7.03. The van der Waals surface area contributed by atoms with Gasteiger partial charge in [-0.05, 0) is 89.2 Å². The fourth-order valence-corrected chi connectivity index (χ4v) is 5.55. The Kier molecular flexibility index (Phi) is 3.02. The molecule has 1 aromatic heterocycles. The Morgan fingerprint density at radius 1 is 0.767 bits per heavy atom. The van der Waals surface area contributed by atoms with Gasteiger partial charge in [0.25, 0.3) is 0 Å². The number of nitrogens with zero attached hydrogens (tertiary/aromatic N) is 1. The molecular weight excluding hydrogens is 362 g/mol. The summed E-state index contributed by atoms with van der Waals surface area (Å²) in [5.74, 6) is 0. The van der Waals surface area contributed by atoms with E-state index in [2.05, 4.69) is 61.5 Å². The minimum absolute atomic E-state index is 0.417. The molecular formula is C29H26N+. The lowest BCUT2D eigenvalue weighted by molar-refractivity contribution is -0.660. The van der Waals surface area contributed by atoms with E-state index in [9.17, 15) is 0 Å². The van der Waals surface area contributed by atoms with Gasteiger partial charge in [-0.2, -0.15) is 0 Å². The molecule has 1 nitrogen and oxygen atoms in total. The van der Waals surface area contributed by atoms with Crippen molar-refractivity contribution in [2.45, 2.75) is 33.5 Å². The molecule has 0 saturated carbocycles. The second-order valence-corrected chi connectivity index (χ2v) is 8.74. The Balaban J connectivity index is 1.70. The fourth-order valence-electron chi connectivity index (χ4n) is 5.55. The van der Waals surface area contributed by atoms with E-state index in [1.54, 1.807) is 6.20 Å². The summed E-state index contributed by atoms with van der Waals surface area (Å²) >= 11 is 0. The molecule has 0 radical (unpaired) electrons. The third kappa shape index (κ3) is 2.26. The third-order valence-corrected chi connectivity index (χ3v) is 7.03. The van der Waals surface area contributed by atoms with E-state index in [0.717, 1.165) is 24.1 Å². The Labute approximate surface area is 182 Å². The minimum atomic E-state index is -2.12. The highest BCUT2D eigenvalue weighted by Gasteiger charge is 2.35. The predicted molar refractivity (Wildman–Crippen MR) is 124 cm³/mol. The van der Waals surface area contributed by atoms with Gasteiger partial charge in [0.2, 0.25) is 5.69 Å². The molecule has 1 heteroatoms. The van der Waals surface area contributed by atoms with Crippen LogP contribution in [0.15, 0.2) is 60.8 Å². The van der Waals surface area contributed by atoms with E-state index < -0.39 is 6.85 Å². The average molecular weight is 392 g/mol. The van der Waals surface area contributed by atoms with Gasteiger partial charge < -0.3 is 0 Å². The molecule has 6 rings (SSSR count). The van der Waals surface area contributed by atoms with Crippen molar-refractivity contribution >= 4 is 0 Å². The summed E-state index contributed by atoms with van der Waals surface area (Å²) in [6.07, 6.45) is 3.64. The molecule has 0 saturated heterocycles. The highest BCUT2D eigenvalue weighted by molar-refractivity contribution is 6.00. The van der Waals surface area contributed by atoms with Crippen molar-refractivity contribution in [3.05, 3.63) is 99.7 Å². The van der Waals surface area contributed by atoms with Crippen molar-refractivity contribution in [2.75, 3.05) is 0 Å². The van der Waals surface area contributed by atoms with E-state index in [1.165, 1.54) is 55.6 Å². The molecule has 0 aliphatic heterocycles. The lowest BCUT2D eigenvalue weighted by Crippen LogP contribution is -2.32. The van der Waals surface area contributed by atoms with Crippen LogP contribution in [-0.2, 0) is 19.9 Å². The van der Waals surface area contributed by atoms with Crippen LogP contribution >= 0.6 is 0 Å². The zero-order chi connectivity index (χ0) is 23.1. The molecule has 146 valence electrons. The van der Waals surface area contributed by atoms with Crippen LogP contribution in [0, 0.1) is 20.7 Å². The number of benzene rings is 3. The molecule has 2 aliphatic carbocycles. The maximum absolute atomic E-state index is 7.93. The van der Waals surface area contributed by atoms with E-state index in [0.29, 0.717) is 5.56 Å². The van der Waals surface area contributed by atoms with Gasteiger partial charge >= 0.3 is 0 Å². The quantitative estimate of drug-likeness (QED) is 0.292. The van der Waals surface area contributed by atoms with Gasteiger partial charge in [-0.1, -0.05) is 48.5 Å². The number of aromatic nitrogens is 1. The fraction of sp³-hybridized carbons (Fsp3) is 0.207. The smallest absolute Gasteiger partial charge is 0.201 e. The summed E-state index contributed by atoms with van der Waals surface area (Å²) in [5, 5.41) is 0. The average Bonchev–Trinajstić information content (AvgIpc) is 3.33. The van der Waals surface area contributed by atoms with Gasteiger partial charge in [0.1, 0.15) is 7.05 Å². The summed E-state index contributed by atoms with van der Waals surface area (Å²) in [4.78, 5) is 0. The predicted octanol–water partition coefficient (Wildman–Crippen LogP) is 6.25. The first-order valence-electron chi connectivity index (χ1n) is 12.1. The number of aryl methyl sites for hydroxylation is 3. The van der Waals surface area contributed by atoms with Gasteiger partial charge in [-0.15, -0.1) is 0 Å². The Morgan fingerprint density at radius 3 is 2.03 bits per heavy atom. The molecule has 0 bridgehead atoms. The first-order chi connectivity index (χ1) is 15.8. The van der Waals surface area contributed by atoms with Gasteiger partial charge in [0.05, 0.1) is 5.56 Å². The largest absolute Gasteiger partial charge is 0.213 e. The number of rotatable bonds is 1. The lowest BCUT2D eigenvalue weighted by atomic mass is 9.85. The van der Waals surface area contributed by atoms with Crippen molar-refractivity contribution in [1.82, 2.24) is 0 Å². The standard InChI is InChI=1S/C29H26N/c1-17-13-26(30(4)16-18(17)2)27-19(3)24-14-20-9-5-7-11-22(20)28(24)29-23-12-8-6-10-21(23)15-25(27)29/h5-13,16H,14-15H2,1-4H3/q+1/i2D3. The second-order valence-electron chi connectivity index (χ2n) is 8.74. The molecule has 0 fully saturated rings. The van der Waals surface area contributed by atoms with Gasteiger partial charge in [0, 0.05) is 15.7 Å². The summed E-state index contributed by atoms with van der Waals surface area (Å²) in [6.45, 7) is 2.04. The molecule has 0 atom stereocenters. The maximum Gasteiger partial charge on any atom is 0.213 e. The first-order valence-corrected chi connectivity index (χ1v) is 10.6. The van der Waals surface area contributed by atoms with E-state index in [4.69, 9.17) is 4.11 Å². The first kappa shape index (κ1) is 14.7. The number of pyridine rings is 1. The van der Waals surface area contributed by atoms with Gasteiger partial charge in [-0.3, -0.25) is 0 Å². The summed E-state index contributed by atoms with van der Waals surface area (Å²) < 4.78 is 25.8. The Morgan fingerprint density at radius 2 is 1.37 bits per heavy atom. The van der Waals surface area contributed by atoms with Crippen molar-refractivity contribution in [3.8, 4) is 33.5 Å². The zero-order valence-corrected chi connectivity index (χ0v) is 17.6. The van der Waals surface area contributed by atoms with Crippen LogP contribution in [-0.4, -0.2) is 0 Å². The second kappa shape index (κ2) is 6.15. The maximum atomic E-state index is 7.93. The molecule has 0 N–H and O–H groups in total. The topological polar surface area (TPSA) is 3.88 Å². The van der Waals surface area contributed by atoms with Crippen LogP contribution in [0.25, 0.3) is 33.5 Å². The normalized spacial score (nSPS) is 15.0. The van der Waals surface area contributed by atoms with E-state index >= 15 is 0 Å². The van der Waals surface area contributed by atoms with Crippen LogP contribution in [0.2, 0.25) is 0 Å². The summed E-state index contributed by atoms with van der Waals surface area (Å²) in [7, 11) is 1.97. The van der Waals surface area contributed by atoms with Crippen LogP contribution in [0.5, 0.6) is 0 Å². The van der Waals surface area contributed by atoms with Crippen LogP contribution in [0.3, 0.4) is 0 Å². The van der Waals surface area contributed by atoms with Crippen molar-refractivity contribution in [1.29, 1.82) is 0 Å². The molecule has 2 aliphatic rings. The number of hydrogen-bond donors (Lipinski definition) is 0. The van der Waals surface area contributed by atoms with Crippen LogP contribution in [0.1, 0.15) is 43.1 Å². The highest BCUT2D eigenvalue weighted by Crippen LogP contribution is 2.53.